The average molecular weight is 317 g/mol. The second-order valence-electron chi connectivity index (χ2n) is 5.58. The van der Waals surface area contributed by atoms with Gasteiger partial charge in [0.25, 0.3) is 0 Å². The number of carbonyl (C=O) groups excluding carboxylic acids is 1. The van der Waals surface area contributed by atoms with Crippen molar-refractivity contribution in [2.75, 3.05) is 0 Å². The van der Waals surface area contributed by atoms with E-state index in [1.54, 1.807) is 12.1 Å². The van der Waals surface area contributed by atoms with Gasteiger partial charge in [0.05, 0.1) is 11.8 Å². The van der Waals surface area contributed by atoms with Gasteiger partial charge in [-0.25, -0.2) is 0 Å². The Labute approximate surface area is 139 Å². The molecule has 0 aliphatic heterocycles. The highest BCUT2D eigenvalue weighted by molar-refractivity contribution is 6.02. The lowest BCUT2D eigenvalue weighted by molar-refractivity contribution is 0.0975. The first kappa shape index (κ1) is 15.6. The summed E-state index contributed by atoms with van der Waals surface area (Å²) < 4.78 is 1.43. The average Bonchev–Trinajstić information content (AvgIpc) is 3.06. The van der Waals surface area contributed by atoms with Gasteiger partial charge in [0.15, 0.2) is 17.5 Å². The second-order valence-corrected chi connectivity index (χ2v) is 5.58. The lowest BCUT2D eigenvalue weighted by Gasteiger charge is -2.09. The molecular weight excluding hydrogens is 302 g/mol. The van der Waals surface area contributed by atoms with E-state index < -0.39 is 5.92 Å². The van der Waals surface area contributed by atoms with Crippen molar-refractivity contribution in [3.8, 4) is 11.8 Å². The molecular formula is C18H15N5O. The summed E-state index contributed by atoms with van der Waals surface area (Å²) in [6.45, 7) is 3.91. The van der Waals surface area contributed by atoms with E-state index in [0.717, 1.165) is 11.1 Å². The zero-order valence-corrected chi connectivity index (χ0v) is 13.3. The topological polar surface area (TPSA) is 84.5 Å². The number of aryl methyl sites for hydroxylation is 2. The molecule has 24 heavy (non-hydrogen) atoms. The fourth-order valence-corrected chi connectivity index (χ4v) is 2.36. The van der Waals surface area contributed by atoms with Gasteiger partial charge >= 0.3 is 0 Å². The normalized spacial score (nSPS) is 11.7. The van der Waals surface area contributed by atoms with E-state index in [0.29, 0.717) is 11.3 Å². The Morgan fingerprint density at radius 1 is 1.04 bits per heavy atom. The maximum Gasteiger partial charge on any atom is 0.187 e. The van der Waals surface area contributed by atoms with Crippen molar-refractivity contribution in [3.63, 3.8) is 0 Å². The quantitative estimate of drug-likeness (QED) is 0.691. The summed E-state index contributed by atoms with van der Waals surface area (Å²) in [4.78, 5) is 12.7. The van der Waals surface area contributed by atoms with E-state index in [9.17, 15) is 10.1 Å². The third-order valence-electron chi connectivity index (χ3n) is 3.76. The van der Waals surface area contributed by atoms with Crippen molar-refractivity contribution in [3.05, 3.63) is 71.0 Å². The SMILES string of the molecule is Cc1ccc(C(=O)C(C#N)c2nnnn2-c2ccc(C)cc2)cc1. The van der Waals surface area contributed by atoms with E-state index in [4.69, 9.17) is 0 Å². The fourth-order valence-electron chi connectivity index (χ4n) is 2.36. The summed E-state index contributed by atoms with van der Waals surface area (Å²) in [5, 5.41) is 21.0. The van der Waals surface area contributed by atoms with E-state index in [2.05, 4.69) is 15.5 Å². The van der Waals surface area contributed by atoms with Crippen molar-refractivity contribution in [2.45, 2.75) is 19.8 Å². The molecule has 0 aliphatic rings. The fraction of sp³-hybridized carbons (Fsp3) is 0.167. The van der Waals surface area contributed by atoms with Crippen molar-refractivity contribution >= 4 is 5.78 Å². The van der Waals surface area contributed by atoms with Gasteiger partial charge in [-0.1, -0.05) is 47.5 Å². The molecule has 1 heterocycles. The summed E-state index contributed by atoms with van der Waals surface area (Å²) >= 11 is 0. The van der Waals surface area contributed by atoms with Crippen molar-refractivity contribution in [1.29, 1.82) is 5.26 Å². The molecule has 0 bridgehead atoms. The second kappa shape index (κ2) is 6.42. The third-order valence-corrected chi connectivity index (χ3v) is 3.76. The number of aromatic nitrogens is 4. The highest BCUT2D eigenvalue weighted by Crippen LogP contribution is 2.21. The number of rotatable bonds is 4. The molecule has 0 N–H and O–H groups in total. The Morgan fingerprint density at radius 3 is 2.21 bits per heavy atom. The summed E-state index contributed by atoms with van der Waals surface area (Å²) in [7, 11) is 0. The molecule has 0 amide bonds. The lowest BCUT2D eigenvalue weighted by atomic mass is 9.97. The Hall–Kier alpha value is -3.33. The van der Waals surface area contributed by atoms with Crippen LogP contribution in [0.2, 0.25) is 0 Å². The van der Waals surface area contributed by atoms with E-state index >= 15 is 0 Å². The predicted molar refractivity (Wildman–Crippen MR) is 87.8 cm³/mol. The molecule has 6 heteroatoms. The van der Waals surface area contributed by atoms with Crippen LogP contribution < -0.4 is 0 Å². The molecule has 0 fully saturated rings. The lowest BCUT2D eigenvalue weighted by Crippen LogP contribution is -2.16. The molecule has 0 saturated heterocycles. The number of tetrazole rings is 1. The summed E-state index contributed by atoms with van der Waals surface area (Å²) in [6, 6.07) is 16.7. The highest BCUT2D eigenvalue weighted by atomic mass is 16.1. The molecule has 3 rings (SSSR count). The van der Waals surface area contributed by atoms with Gasteiger partial charge < -0.3 is 0 Å². The van der Waals surface area contributed by atoms with Crippen molar-refractivity contribution in [1.82, 2.24) is 20.2 Å². The molecule has 2 aromatic carbocycles. The molecule has 1 atom stereocenters. The number of ketones is 1. The van der Waals surface area contributed by atoms with Gasteiger partial charge in [-0.2, -0.15) is 9.94 Å². The first-order valence-corrected chi connectivity index (χ1v) is 7.46. The van der Waals surface area contributed by atoms with Gasteiger partial charge in [-0.3, -0.25) is 4.79 Å². The van der Waals surface area contributed by atoms with Crippen LogP contribution in [0, 0.1) is 25.2 Å². The van der Waals surface area contributed by atoms with Crippen LogP contribution in [0.5, 0.6) is 0 Å². The van der Waals surface area contributed by atoms with Crippen molar-refractivity contribution in [2.24, 2.45) is 0 Å². The smallest absolute Gasteiger partial charge is 0.187 e. The summed E-state index contributed by atoms with van der Waals surface area (Å²) in [5.41, 5.74) is 3.31. The summed E-state index contributed by atoms with van der Waals surface area (Å²) in [6.07, 6.45) is 0. The monoisotopic (exact) mass is 317 g/mol. The highest BCUT2D eigenvalue weighted by Gasteiger charge is 2.28. The van der Waals surface area contributed by atoms with Crippen LogP contribution >= 0.6 is 0 Å². The predicted octanol–water partition coefficient (Wildman–Crippen LogP) is 2.77. The summed E-state index contributed by atoms with van der Waals surface area (Å²) in [5.74, 6) is -1.17. The Morgan fingerprint density at radius 2 is 1.62 bits per heavy atom. The zero-order chi connectivity index (χ0) is 17.1. The number of nitriles is 1. The number of hydrogen-bond donors (Lipinski definition) is 0. The largest absolute Gasteiger partial charge is 0.292 e. The number of benzene rings is 2. The first-order valence-electron chi connectivity index (χ1n) is 7.46. The maximum atomic E-state index is 12.7. The van der Waals surface area contributed by atoms with Gasteiger partial charge in [-0.15, -0.1) is 5.10 Å². The van der Waals surface area contributed by atoms with E-state index in [1.807, 2.05) is 56.3 Å². The Kier molecular flexibility index (Phi) is 4.17. The zero-order valence-electron chi connectivity index (χ0n) is 13.3. The molecule has 3 aromatic rings. The van der Waals surface area contributed by atoms with Crippen LogP contribution in [-0.4, -0.2) is 26.0 Å². The van der Waals surface area contributed by atoms with E-state index in [-0.39, 0.29) is 11.6 Å². The van der Waals surface area contributed by atoms with Crippen LogP contribution in [-0.2, 0) is 0 Å². The molecule has 0 spiro atoms. The van der Waals surface area contributed by atoms with Gasteiger partial charge in [0, 0.05) is 5.56 Å². The van der Waals surface area contributed by atoms with Gasteiger partial charge in [0.1, 0.15) is 0 Å². The molecule has 0 saturated carbocycles. The molecule has 6 nitrogen and oxygen atoms in total. The van der Waals surface area contributed by atoms with Gasteiger partial charge in [-0.05, 0) is 36.4 Å². The standard InChI is InChI=1S/C18H15N5O/c1-12-3-7-14(8-4-12)17(24)16(11-19)18-20-21-22-23(18)15-9-5-13(2)6-10-15/h3-10,16H,1-2H3. The molecule has 1 aromatic heterocycles. The molecule has 1 unspecified atom stereocenters. The Balaban J connectivity index is 1.99. The minimum absolute atomic E-state index is 0.215. The minimum atomic E-state index is -1.07. The van der Waals surface area contributed by atoms with Crippen molar-refractivity contribution < 1.29 is 4.79 Å². The van der Waals surface area contributed by atoms with Crippen LogP contribution in [0.4, 0.5) is 0 Å². The van der Waals surface area contributed by atoms with Crippen LogP contribution in [0.1, 0.15) is 33.2 Å². The maximum absolute atomic E-state index is 12.7. The molecule has 0 aliphatic carbocycles. The van der Waals surface area contributed by atoms with Crippen LogP contribution in [0.3, 0.4) is 0 Å². The first-order chi connectivity index (χ1) is 11.6. The van der Waals surface area contributed by atoms with Crippen LogP contribution in [0.15, 0.2) is 48.5 Å². The molecule has 118 valence electrons. The number of Topliss-reactive ketones (excluding diaryl/α,β-unsaturated/α-hetero) is 1. The molecule has 0 radical (unpaired) electrons. The van der Waals surface area contributed by atoms with Crippen LogP contribution in [0.25, 0.3) is 5.69 Å². The van der Waals surface area contributed by atoms with E-state index in [1.165, 1.54) is 4.68 Å². The number of carbonyl (C=O) groups is 1. The minimum Gasteiger partial charge on any atom is -0.292 e. The Bertz CT molecular complexity index is 904. The number of nitrogens with zero attached hydrogens (tertiary/aromatic N) is 5. The third kappa shape index (κ3) is 2.92. The number of hydrogen-bond acceptors (Lipinski definition) is 5. The van der Waals surface area contributed by atoms with Gasteiger partial charge in [0.2, 0.25) is 0 Å².